The third-order valence-corrected chi connectivity index (χ3v) is 5.12. The largest absolute Gasteiger partial charge is 0.343 e. The van der Waals surface area contributed by atoms with Crippen LogP contribution >= 0.6 is 11.8 Å². The molecule has 2 aromatic rings. The SMILES string of the molecule is CCCn1c(SCC(=O)N2CCN(c3cccc[nH+]3)CC2)n[nH]c1=O. The molecule has 134 valence electrons. The van der Waals surface area contributed by atoms with Crippen LogP contribution in [-0.4, -0.2) is 57.5 Å². The number of amides is 1. The van der Waals surface area contributed by atoms with Crippen molar-refractivity contribution in [3.05, 3.63) is 34.9 Å². The van der Waals surface area contributed by atoms with Crippen LogP contribution in [0.4, 0.5) is 5.82 Å². The summed E-state index contributed by atoms with van der Waals surface area (Å²) in [4.78, 5) is 31.5. The van der Waals surface area contributed by atoms with Gasteiger partial charge in [0.1, 0.15) is 13.1 Å². The van der Waals surface area contributed by atoms with Gasteiger partial charge >= 0.3 is 5.69 Å². The number of piperazine rings is 1. The lowest BCUT2D eigenvalue weighted by molar-refractivity contribution is -0.364. The molecule has 0 bridgehead atoms. The molecule has 2 N–H and O–H groups in total. The first-order valence-corrected chi connectivity index (χ1v) is 9.45. The van der Waals surface area contributed by atoms with E-state index in [1.807, 2.05) is 36.2 Å². The lowest BCUT2D eigenvalue weighted by Crippen LogP contribution is -2.50. The topological polar surface area (TPSA) is 88.4 Å². The highest BCUT2D eigenvalue weighted by atomic mass is 32.2. The number of carbonyl (C=O) groups excluding carboxylic acids is 1. The minimum atomic E-state index is -0.218. The standard InChI is InChI=1S/C16H22N6O2S/c1-2-7-22-15(24)18-19-16(22)25-12-14(23)21-10-8-20(9-11-21)13-5-3-4-6-17-13/h3-6H,2,7-12H2,1H3,(H,18,24)/p+1. The molecule has 0 spiro atoms. The predicted octanol–water partition coefficient (Wildman–Crippen LogP) is 0.236. The Morgan fingerprint density at radius 1 is 1.32 bits per heavy atom. The fourth-order valence-corrected chi connectivity index (χ4v) is 3.70. The lowest BCUT2D eigenvalue weighted by Gasteiger charge is -2.30. The molecule has 8 nitrogen and oxygen atoms in total. The molecule has 0 aromatic carbocycles. The second-order valence-corrected chi connectivity index (χ2v) is 6.81. The van der Waals surface area contributed by atoms with Crippen molar-refractivity contribution in [2.75, 3.05) is 36.8 Å². The minimum absolute atomic E-state index is 0.0835. The summed E-state index contributed by atoms with van der Waals surface area (Å²) >= 11 is 1.32. The zero-order chi connectivity index (χ0) is 17.6. The minimum Gasteiger partial charge on any atom is -0.334 e. The summed E-state index contributed by atoms with van der Waals surface area (Å²) in [5.74, 6) is 1.45. The molecule has 1 amide bonds. The number of thioether (sulfide) groups is 1. The Labute approximate surface area is 150 Å². The Kier molecular flexibility index (Phi) is 5.75. The number of anilines is 1. The van der Waals surface area contributed by atoms with E-state index >= 15 is 0 Å². The Bertz CT molecular complexity index is 751. The van der Waals surface area contributed by atoms with Crippen molar-refractivity contribution in [2.45, 2.75) is 25.0 Å². The number of H-pyrrole nitrogens is 2. The Morgan fingerprint density at radius 2 is 2.12 bits per heavy atom. The third kappa shape index (κ3) is 4.22. The van der Waals surface area contributed by atoms with E-state index in [1.54, 1.807) is 4.57 Å². The molecule has 25 heavy (non-hydrogen) atoms. The number of hydrogen-bond donors (Lipinski definition) is 1. The molecule has 3 heterocycles. The first-order valence-electron chi connectivity index (χ1n) is 8.46. The van der Waals surface area contributed by atoms with Gasteiger partial charge in [-0.05, 0) is 12.5 Å². The highest BCUT2D eigenvalue weighted by molar-refractivity contribution is 7.99. The summed E-state index contributed by atoms with van der Waals surface area (Å²) in [5.41, 5.74) is -0.218. The van der Waals surface area contributed by atoms with Gasteiger partial charge in [0.2, 0.25) is 5.91 Å². The Balaban J connectivity index is 1.51. The van der Waals surface area contributed by atoms with Crippen LogP contribution < -0.4 is 15.6 Å². The number of carbonyl (C=O) groups is 1. The van der Waals surface area contributed by atoms with E-state index in [1.165, 1.54) is 11.8 Å². The molecule has 0 atom stereocenters. The fourth-order valence-electron chi connectivity index (χ4n) is 2.83. The number of pyridine rings is 1. The van der Waals surface area contributed by atoms with Crippen LogP contribution in [0.25, 0.3) is 0 Å². The number of rotatable bonds is 6. The molecule has 0 unspecified atom stereocenters. The maximum atomic E-state index is 12.4. The normalized spacial score (nSPS) is 14.8. The van der Waals surface area contributed by atoms with Gasteiger partial charge in [-0.25, -0.2) is 14.9 Å². The van der Waals surface area contributed by atoms with E-state index in [-0.39, 0.29) is 11.6 Å². The quantitative estimate of drug-likeness (QED) is 0.743. The van der Waals surface area contributed by atoms with Crippen molar-refractivity contribution >= 4 is 23.5 Å². The number of aromatic nitrogens is 4. The van der Waals surface area contributed by atoms with Gasteiger partial charge in [0.15, 0.2) is 5.16 Å². The van der Waals surface area contributed by atoms with Gasteiger partial charge in [-0.15, -0.1) is 5.10 Å². The van der Waals surface area contributed by atoms with Crippen molar-refractivity contribution in [2.24, 2.45) is 0 Å². The van der Waals surface area contributed by atoms with Gasteiger partial charge in [0.05, 0.1) is 25.0 Å². The third-order valence-electron chi connectivity index (χ3n) is 4.16. The zero-order valence-corrected chi connectivity index (χ0v) is 15.1. The van der Waals surface area contributed by atoms with Crippen molar-refractivity contribution in [3.63, 3.8) is 0 Å². The number of aromatic amines is 2. The average Bonchev–Trinajstić information content (AvgIpc) is 3.01. The van der Waals surface area contributed by atoms with E-state index in [0.29, 0.717) is 30.5 Å². The van der Waals surface area contributed by atoms with E-state index < -0.39 is 0 Å². The maximum Gasteiger partial charge on any atom is 0.343 e. The molecule has 9 heteroatoms. The molecule has 3 rings (SSSR count). The highest BCUT2D eigenvalue weighted by Gasteiger charge is 2.26. The van der Waals surface area contributed by atoms with Gasteiger partial charge in [-0.3, -0.25) is 14.3 Å². The van der Waals surface area contributed by atoms with Gasteiger partial charge in [0, 0.05) is 12.6 Å². The summed E-state index contributed by atoms with van der Waals surface area (Å²) < 4.78 is 1.58. The predicted molar refractivity (Wildman–Crippen MR) is 95.7 cm³/mol. The summed E-state index contributed by atoms with van der Waals surface area (Å²) in [7, 11) is 0. The summed E-state index contributed by atoms with van der Waals surface area (Å²) in [6, 6.07) is 5.99. The van der Waals surface area contributed by atoms with Gasteiger partial charge in [-0.2, -0.15) is 0 Å². The number of nitrogens with zero attached hydrogens (tertiary/aromatic N) is 4. The van der Waals surface area contributed by atoms with E-state index in [0.717, 1.165) is 25.3 Å². The molecular weight excluding hydrogens is 340 g/mol. The van der Waals surface area contributed by atoms with Gasteiger partial charge in [0.25, 0.3) is 5.82 Å². The first kappa shape index (κ1) is 17.5. The summed E-state index contributed by atoms with van der Waals surface area (Å²) in [5, 5.41) is 7.04. The molecule has 1 aliphatic heterocycles. The molecule has 1 aliphatic rings. The van der Waals surface area contributed by atoms with Crippen molar-refractivity contribution in [1.82, 2.24) is 19.7 Å². The van der Waals surface area contributed by atoms with Crippen LogP contribution in [0.15, 0.2) is 34.3 Å². The Hall–Kier alpha value is -2.29. The number of nitrogens with one attached hydrogen (secondary N) is 2. The van der Waals surface area contributed by atoms with Crippen LogP contribution in [0.3, 0.4) is 0 Å². The summed E-state index contributed by atoms with van der Waals surface area (Å²) in [6.07, 6.45) is 2.75. The smallest absolute Gasteiger partial charge is 0.334 e. The van der Waals surface area contributed by atoms with Crippen LogP contribution in [0.2, 0.25) is 0 Å². The van der Waals surface area contributed by atoms with Crippen LogP contribution in [-0.2, 0) is 11.3 Å². The van der Waals surface area contributed by atoms with Crippen molar-refractivity contribution in [3.8, 4) is 0 Å². The van der Waals surface area contributed by atoms with E-state index in [9.17, 15) is 9.59 Å². The molecule has 1 fully saturated rings. The maximum absolute atomic E-state index is 12.4. The van der Waals surface area contributed by atoms with Crippen LogP contribution in [0.1, 0.15) is 13.3 Å². The second-order valence-electron chi connectivity index (χ2n) is 5.87. The lowest BCUT2D eigenvalue weighted by atomic mass is 10.3. The molecular formula is C16H23N6O2S+. The van der Waals surface area contributed by atoms with E-state index in [4.69, 9.17) is 0 Å². The monoisotopic (exact) mass is 363 g/mol. The first-order chi connectivity index (χ1) is 12.2. The molecule has 1 saturated heterocycles. The second kappa shape index (κ2) is 8.19. The molecule has 0 saturated carbocycles. The molecule has 2 aromatic heterocycles. The zero-order valence-electron chi connectivity index (χ0n) is 14.3. The van der Waals surface area contributed by atoms with Crippen molar-refractivity contribution in [1.29, 1.82) is 0 Å². The highest BCUT2D eigenvalue weighted by Crippen LogP contribution is 2.16. The van der Waals surface area contributed by atoms with Crippen LogP contribution in [0.5, 0.6) is 0 Å². The van der Waals surface area contributed by atoms with E-state index in [2.05, 4.69) is 20.1 Å². The van der Waals surface area contributed by atoms with Gasteiger partial charge in [-0.1, -0.05) is 24.8 Å². The Morgan fingerprint density at radius 3 is 2.80 bits per heavy atom. The molecule has 0 radical (unpaired) electrons. The van der Waals surface area contributed by atoms with Crippen LogP contribution in [0, 0.1) is 0 Å². The number of hydrogen-bond acceptors (Lipinski definition) is 5. The average molecular weight is 363 g/mol. The summed E-state index contributed by atoms with van der Waals surface area (Å²) in [6.45, 7) is 5.62. The van der Waals surface area contributed by atoms with Crippen molar-refractivity contribution < 1.29 is 9.78 Å². The van der Waals surface area contributed by atoms with Gasteiger partial charge < -0.3 is 4.90 Å². The fraction of sp³-hybridized carbons (Fsp3) is 0.500. The molecule has 0 aliphatic carbocycles.